The Bertz CT molecular complexity index is 951. The van der Waals surface area contributed by atoms with Crippen LogP contribution in [0, 0.1) is 5.92 Å². The van der Waals surface area contributed by atoms with Crippen LogP contribution in [0.5, 0.6) is 5.75 Å². The van der Waals surface area contributed by atoms with Crippen LogP contribution >= 0.6 is 23.4 Å². The number of carbonyl (C=O) groups is 2. The molecule has 0 saturated heterocycles. The van der Waals surface area contributed by atoms with E-state index in [1.807, 2.05) is 38.1 Å². The van der Waals surface area contributed by atoms with Crippen LogP contribution in [0.3, 0.4) is 0 Å². The quantitative estimate of drug-likeness (QED) is 0.522. The van der Waals surface area contributed by atoms with Crippen LogP contribution in [0.1, 0.15) is 33.3 Å². The molecule has 0 fully saturated rings. The molecule has 2 amide bonds. The Morgan fingerprint density at radius 1 is 0.966 bits per heavy atom. The predicted octanol–water partition coefficient (Wildman–Crippen LogP) is 5.80. The zero-order chi connectivity index (χ0) is 21.1. The molecule has 0 saturated carbocycles. The maximum atomic E-state index is 13.3. The molecular weight excluding hydrogens is 406 g/mol. The van der Waals surface area contributed by atoms with Gasteiger partial charge in [0.2, 0.25) is 0 Å². The normalized spacial score (nSPS) is 14.5. The molecule has 0 bridgehead atoms. The fraction of sp³-hybridized carbons (Fsp3) is 0.304. The Balaban J connectivity index is 1.99. The summed E-state index contributed by atoms with van der Waals surface area (Å²) in [5.41, 5.74) is 1.50. The molecule has 1 heterocycles. The first-order valence-corrected chi connectivity index (χ1v) is 10.8. The molecule has 2 aromatic carbocycles. The summed E-state index contributed by atoms with van der Waals surface area (Å²) in [6.07, 6.45) is 0. The number of hydrogen-bond acceptors (Lipinski definition) is 4. The van der Waals surface area contributed by atoms with Crippen LogP contribution in [-0.4, -0.2) is 23.7 Å². The fourth-order valence-corrected chi connectivity index (χ4v) is 4.15. The van der Waals surface area contributed by atoms with Crippen molar-refractivity contribution in [1.82, 2.24) is 0 Å². The Kier molecular flexibility index (Phi) is 6.70. The maximum absolute atomic E-state index is 13.3. The van der Waals surface area contributed by atoms with Gasteiger partial charge < -0.3 is 4.74 Å². The molecule has 0 radical (unpaired) electrons. The van der Waals surface area contributed by atoms with Gasteiger partial charge >= 0.3 is 0 Å². The number of hydrogen-bond donors (Lipinski definition) is 0. The summed E-state index contributed by atoms with van der Waals surface area (Å²) in [6, 6.07) is 14.2. The first kappa shape index (κ1) is 21.5. The molecule has 0 aromatic heterocycles. The van der Waals surface area contributed by atoms with Crippen LogP contribution in [0.4, 0.5) is 5.69 Å². The summed E-state index contributed by atoms with van der Waals surface area (Å²) in [5.74, 6) is 0.463. The Morgan fingerprint density at radius 2 is 1.62 bits per heavy atom. The van der Waals surface area contributed by atoms with Gasteiger partial charge in [0.25, 0.3) is 11.8 Å². The first-order chi connectivity index (χ1) is 13.8. The fourth-order valence-electron chi connectivity index (χ4n) is 2.94. The number of halogens is 1. The summed E-state index contributed by atoms with van der Waals surface area (Å²) in [7, 11) is 0. The van der Waals surface area contributed by atoms with Crippen LogP contribution in [0.15, 0.2) is 53.4 Å². The average molecular weight is 430 g/mol. The van der Waals surface area contributed by atoms with Crippen molar-refractivity contribution in [3.63, 3.8) is 0 Å². The van der Waals surface area contributed by atoms with Crippen molar-refractivity contribution in [2.45, 2.75) is 32.9 Å². The van der Waals surface area contributed by atoms with E-state index in [2.05, 4.69) is 13.8 Å². The smallest absolute Gasteiger partial charge is 0.272 e. The molecule has 3 rings (SSSR count). The highest BCUT2D eigenvalue weighted by Gasteiger charge is 2.41. The van der Waals surface area contributed by atoms with E-state index in [0.717, 1.165) is 5.75 Å². The standard InChI is InChI=1S/C23H24ClNO3S/c1-14(2)13-28-17-11-9-16(10-12-17)20-21(29-15(3)4)23(27)25(22(20)26)19-8-6-5-7-18(19)24/h5-12,14-15H,13H2,1-4H3. The van der Waals surface area contributed by atoms with E-state index >= 15 is 0 Å². The van der Waals surface area contributed by atoms with Crippen molar-refractivity contribution in [3.05, 3.63) is 64.0 Å². The lowest BCUT2D eigenvalue weighted by Crippen LogP contribution is -2.31. The maximum Gasteiger partial charge on any atom is 0.272 e. The molecular formula is C23H24ClNO3S. The highest BCUT2D eigenvalue weighted by Crippen LogP contribution is 2.41. The molecule has 152 valence electrons. The number of imide groups is 1. The first-order valence-electron chi connectivity index (χ1n) is 9.57. The molecule has 4 nitrogen and oxygen atoms in total. The van der Waals surface area contributed by atoms with Crippen molar-refractivity contribution in [2.75, 3.05) is 11.5 Å². The van der Waals surface area contributed by atoms with E-state index in [1.54, 1.807) is 24.3 Å². The molecule has 1 aliphatic heterocycles. The minimum Gasteiger partial charge on any atom is -0.493 e. The molecule has 0 N–H and O–H groups in total. The minimum absolute atomic E-state index is 0.150. The number of carbonyl (C=O) groups excluding carboxylic acids is 2. The third kappa shape index (κ3) is 4.68. The van der Waals surface area contributed by atoms with E-state index in [-0.39, 0.29) is 17.1 Å². The highest BCUT2D eigenvalue weighted by atomic mass is 35.5. The second kappa shape index (κ2) is 9.06. The van der Waals surface area contributed by atoms with Gasteiger partial charge in [-0.2, -0.15) is 0 Å². The SMILES string of the molecule is CC(C)COc1ccc(C2=C(SC(C)C)C(=O)N(c3ccccc3Cl)C2=O)cc1. The van der Waals surface area contributed by atoms with E-state index in [1.165, 1.54) is 16.7 Å². The number of rotatable bonds is 7. The van der Waals surface area contributed by atoms with E-state index in [0.29, 0.717) is 39.3 Å². The van der Waals surface area contributed by atoms with Crippen LogP contribution < -0.4 is 9.64 Å². The van der Waals surface area contributed by atoms with Crippen LogP contribution in [0.25, 0.3) is 5.57 Å². The van der Waals surface area contributed by atoms with Crippen LogP contribution in [-0.2, 0) is 9.59 Å². The molecule has 1 aliphatic rings. The van der Waals surface area contributed by atoms with Gasteiger partial charge in [0.15, 0.2) is 0 Å². The average Bonchev–Trinajstić information content (AvgIpc) is 2.90. The van der Waals surface area contributed by atoms with Crippen molar-refractivity contribution >= 4 is 46.4 Å². The number of benzene rings is 2. The molecule has 2 aromatic rings. The largest absolute Gasteiger partial charge is 0.493 e. The number of anilines is 1. The summed E-state index contributed by atoms with van der Waals surface area (Å²) >= 11 is 7.67. The number of thioether (sulfide) groups is 1. The van der Waals surface area contributed by atoms with Crippen molar-refractivity contribution in [1.29, 1.82) is 0 Å². The van der Waals surface area contributed by atoms with Gasteiger partial charge in [-0.3, -0.25) is 9.59 Å². The van der Waals surface area contributed by atoms with E-state index in [4.69, 9.17) is 16.3 Å². The number of ether oxygens (including phenoxy) is 1. The predicted molar refractivity (Wildman–Crippen MR) is 120 cm³/mol. The summed E-state index contributed by atoms with van der Waals surface area (Å²) < 4.78 is 5.73. The Morgan fingerprint density at radius 3 is 2.21 bits per heavy atom. The van der Waals surface area contributed by atoms with Gasteiger partial charge in [-0.1, -0.05) is 63.6 Å². The lowest BCUT2D eigenvalue weighted by atomic mass is 10.1. The van der Waals surface area contributed by atoms with E-state index < -0.39 is 0 Å². The molecule has 0 aliphatic carbocycles. The van der Waals surface area contributed by atoms with Crippen molar-refractivity contribution < 1.29 is 14.3 Å². The Labute approximate surface area is 180 Å². The van der Waals surface area contributed by atoms with Gasteiger partial charge in [0.1, 0.15) is 5.75 Å². The lowest BCUT2D eigenvalue weighted by molar-refractivity contribution is -0.119. The molecule has 0 unspecified atom stereocenters. The minimum atomic E-state index is -0.359. The zero-order valence-electron chi connectivity index (χ0n) is 16.9. The third-order valence-electron chi connectivity index (χ3n) is 4.21. The summed E-state index contributed by atoms with van der Waals surface area (Å²) in [5, 5.41) is 0.512. The van der Waals surface area contributed by atoms with Gasteiger partial charge in [0.05, 0.1) is 27.8 Å². The third-order valence-corrected chi connectivity index (χ3v) is 5.62. The number of amides is 2. The zero-order valence-corrected chi connectivity index (χ0v) is 18.5. The van der Waals surface area contributed by atoms with Gasteiger partial charge in [-0.25, -0.2) is 4.90 Å². The second-order valence-electron chi connectivity index (χ2n) is 7.50. The van der Waals surface area contributed by atoms with E-state index in [9.17, 15) is 9.59 Å². The Hall–Kier alpha value is -2.24. The van der Waals surface area contributed by atoms with Crippen molar-refractivity contribution in [2.24, 2.45) is 5.92 Å². The lowest BCUT2D eigenvalue weighted by Gasteiger charge is -2.16. The van der Waals surface area contributed by atoms with Crippen molar-refractivity contribution in [3.8, 4) is 5.75 Å². The molecule has 29 heavy (non-hydrogen) atoms. The topological polar surface area (TPSA) is 46.6 Å². The van der Waals surface area contributed by atoms with Gasteiger partial charge in [-0.05, 0) is 35.7 Å². The summed E-state index contributed by atoms with van der Waals surface area (Å²) in [4.78, 5) is 28.1. The summed E-state index contributed by atoms with van der Waals surface area (Å²) in [6.45, 7) is 8.78. The monoisotopic (exact) mass is 429 g/mol. The molecule has 0 atom stereocenters. The molecule has 0 spiro atoms. The second-order valence-corrected chi connectivity index (χ2v) is 9.49. The van der Waals surface area contributed by atoms with Crippen LogP contribution in [0.2, 0.25) is 5.02 Å². The van der Waals surface area contributed by atoms with Gasteiger partial charge in [-0.15, -0.1) is 11.8 Å². The highest BCUT2D eigenvalue weighted by molar-refractivity contribution is 8.04. The molecule has 6 heteroatoms. The van der Waals surface area contributed by atoms with Gasteiger partial charge in [0, 0.05) is 5.25 Å². The number of nitrogens with zero attached hydrogens (tertiary/aromatic N) is 1. The number of para-hydroxylation sites is 1.